The van der Waals surface area contributed by atoms with Gasteiger partial charge in [0.2, 0.25) is 10.0 Å². The summed E-state index contributed by atoms with van der Waals surface area (Å²) in [6, 6.07) is -3.00. The molecule has 0 aromatic heterocycles. The summed E-state index contributed by atoms with van der Waals surface area (Å²) >= 11 is 0. The quantitative estimate of drug-likeness (QED) is 0.202. The van der Waals surface area contributed by atoms with Crippen molar-refractivity contribution in [1.29, 1.82) is 0 Å². The van der Waals surface area contributed by atoms with Crippen LogP contribution in [0.25, 0.3) is 0 Å². The van der Waals surface area contributed by atoms with Crippen LogP contribution in [0.4, 0.5) is 9.59 Å². The number of nitrogens with two attached hydrogens (primary N) is 1. The van der Waals surface area contributed by atoms with Crippen molar-refractivity contribution in [2.45, 2.75) is 121 Å². The molecule has 0 bridgehead atoms. The smallest absolute Gasteiger partial charge is 0.410 e. The number of amides is 2. The minimum absolute atomic E-state index is 0.00649. The maximum Gasteiger partial charge on any atom is 0.410 e. The largest absolute Gasteiger partial charge is 0.444 e. The maximum atomic E-state index is 12.7. The topological polar surface area (TPSA) is 219 Å². The highest BCUT2D eigenvalue weighted by atomic mass is 32.2. The standard InChI is InChI=1S/C25H48N4O11S/c1-23(2,3)39-21(32)27-14-11-15(28-41(35,36)10-9-26)18(16(30)12-14)38-20-17(31)19(25(7,34)13-37-20)29(8)22(33)40-24(4,5)6/h14-20,28,30-31,34H,9-13,26H2,1-8H3,(H,27,32)/t14-,15+,16-,17+,18-,19+,20+,25-/m0/s1. The zero-order valence-corrected chi connectivity index (χ0v) is 25.9. The molecule has 7 N–H and O–H groups in total. The minimum Gasteiger partial charge on any atom is -0.444 e. The number of likely N-dealkylation sites (N-methyl/N-ethyl adjacent to an activating group) is 1. The first kappa shape index (κ1) is 35.4. The van der Waals surface area contributed by atoms with Crippen molar-refractivity contribution in [1.82, 2.24) is 14.9 Å². The van der Waals surface area contributed by atoms with Gasteiger partial charge in [-0.15, -0.1) is 0 Å². The first-order valence-electron chi connectivity index (χ1n) is 13.6. The third kappa shape index (κ3) is 10.5. The summed E-state index contributed by atoms with van der Waals surface area (Å²) in [5, 5.41) is 35.9. The molecule has 0 spiro atoms. The van der Waals surface area contributed by atoms with E-state index in [1.165, 1.54) is 14.0 Å². The van der Waals surface area contributed by atoms with E-state index in [0.717, 1.165) is 4.90 Å². The van der Waals surface area contributed by atoms with Crippen LogP contribution >= 0.6 is 0 Å². The monoisotopic (exact) mass is 612 g/mol. The number of aliphatic hydroxyl groups is 3. The van der Waals surface area contributed by atoms with Crippen LogP contribution in [0.15, 0.2) is 0 Å². The van der Waals surface area contributed by atoms with Gasteiger partial charge < -0.3 is 50.2 Å². The van der Waals surface area contributed by atoms with Crippen molar-refractivity contribution in [3.63, 3.8) is 0 Å². The summed E-state index contributed by atoms with van der Waals surface area (Å²) in [6.07, 6.45) is -7.22. The normalized spacial score (nSPS) is 33.1. The molecule has 0 radical (unpaired) electrons. The summed E-state index contributed by atoms with van der Waals surface area (Å²) in [6.45, 7) is 10.9. The summed E-state index contributed by atoms with van der Waals surface area (Å²) in [4.78, 5) is 26.2. The molecule has 15 nitrogen and oxygen atoms in total. The molecule has 1 saturated carbocycles. The third-order valence-electron chi connectivity index (χ3n) is 6.45. The number of rotatable bonds is 8. The van der Waals surface area contributed by atoms with Crippen LogP contribution in [0.3, 0.4) is 0 Å². The van der Waals surface area contributed by atoms with Gasteiger partial charge in [-0.2, -0.15) is 0 Å². The SMILES string of the molecule is CN(C(=O)OC(C)(C)C)[C@@H]1[C@@H](O)[C@@H](O[C@@H]2[C@@H](O)C[C@@H](NC(=O)OC(C)(C)C)C[C@H]2NS(=O)(=O)CCN)OC[C@]1(C)O. The average molecular weight is 613 g/mol. The van der Waals surface area contributed by atoms with E-state index in [2.05, 4.69) is 10.0 Å². The Morgan fingerprint density at radius 3 is 2.22 bits per heavy atom. The summed E-state index contributed by atoms with van der Waals surface area (Å²) < 4.78 is 49.9. The van der Waals surface area contributed by atoms with Crippen molar-refractivity contribution in [3.8, 4) is 0 Å². The van der Waals surface area contributed by atoms with Gasteiger partial charge in [0.25, 0.3) is 0 Å². The number of hydrogen-bond acceptors (Lipinski definition) is 12. The van der Waals surface area contributed by atoms with Gasteiger partial charge in [0, 0.05) is 19.6 Å². The van der Waals surface area contributed by atoms with Gasteiger partial charge >= 0.3 is 12.2 Å². The molecule has 8 atom stereocenters. The second-order valence-electron chi connectivity index (χ2n) is 12.9. The summed E-state index contributed by atoms with van der Waals surface area (Å²) in [5.41, 5.74) is 2.12. The zero-order valence-electron chi connectivity index (χ0n) is 25.1. The molecule has 2 amide bonds. The molecule has 1 aliphatic heterocycles. The van der Waals surface area contributed by atoms with Crippen LogP contribution in [-0.2, 0) is 29.0 Å². The van der Waals surface area contributed by atoms with Gasteiger partial charge in [0.05, 0.1) is 30.5 Å². The van der Waals surface area contributed by atoms with Crippen molar-refractivity contribution >= 4 is 22.2 Å². The fraction of sp³-hybridized carbons (Fsp3) is 0.920. The number of nitrogens with one attached hydrogen (secondary N) is 2. The Morgan fingerprint density at radius 2 is 1.68 bits per heavy atom. The number of aliphatic hydroxyl groups excluding tert-OH is 2. The van der Waals surface area contributed by atoms with Crippen LogP contribution in [0, 0.1) is 0 Å². The molecule has 41 heavy (non-hydrogen) atoms. The van der Waals surface area contributed by atoms with Crippen LogP contribution < -0.4 is 15.8 Å². The van der Waals surface area contributed by atoms with Crippen LogP contribution in [-0.4, -0.2) is 126 Å². The Hall–Kier alpha value is -1.79. The Balaban J connectivity index is 2.28. The Labute approximate surface area is 242 Å². The first-order valence-corrected chi connectivity index (χ1v) is 15.2. The molecule has 0 unspecified atom stereocenters. The molecule has 1 heterocycles. The first-order chi connectivity index (χ1) is 18.5. The highest BCUT2D eigenvalue weighted by molar-refractivity contribution is 7.89. The number of nitrogens with zero attached hydrogens (tertiary/aromatic N) is 1. The number of carbonyl (C=O) groups is 2. The molecule has 2 rings (SSSR count). The van der Waals surface area contributed by atoms with Gasteiger partial charge in [-0.3, -0.25) is 0 Å². The van der Waals surface area contributed by atoms with Gasteiger partial charge in [-0.25, -0.2) is 22.7 Å². The lowest BCUT2D eigenvalue weighted by molar-refractivity contribution is -0.301. The van der Waals surface area contributed by atoms with Crippen molar-refractivity contribution in [3.05, 3.63) is 0 Å². The Morgan fingerprint density at radius 1 is 1.10 bits per heavy atom. The highest BCUT2D eigenvalue weighted by Crippen LogP contribution is 2.32. The zero-order chi connectivity index (χ0) is 31.6. The molecule has 2 aliphatic rings. The molecule has 16 heteroatoms. The van der Waals surface area contributed by atoms with Crippen LogP contribution in [0.2, 0.25) is 0 Å². The molecular formula is C25H48N4O11S. The van der Waals surface area contributed by atoms with E-state index in [-0.39, 0.29) is 26.0 Å². The third-order valence-corrected chi connectivity index (χ3v) is 7.88. The molecule has 2 fully saturated rings. The van der Waals surface area contributed by atoms with Gasteiger partial charge in [-0.05, 0) is 61.3 Å². The molecule has 0 aromatic carbocycles. The van der Waals surface area contributed by atoms with E-state index >= 15 is 0 Å². The number of alkyl carbamates (subject to hydrolysis) is 1. The highest BCUT2D eigenvalue weighted by Gasteiger charge is 2.52. The predicted octanol–water partition coefficient (Wildman–Crippen LogP) is -0.630. The minimum atomic E-state index is -3.92. The molecule has 1 saturated heterocycles. The molecule has 1 aliphatic carbocycles. The number of hydrogen-bond donors (Lipinski definition) is 6. The second kappa shape index (κ2) is 13.2. The van der Waals surface area contributed by atoms with Crippen molar-refractivity contribution in [2.24, 2.45) is 5.73 Å². The van der Waals surface area contributed by atoms with Gasteiger partial charge in [0.15, 0.2) is 6.29 Å². The van der Waals surface area contributed by atoms with Crippen LogP contribution in [0.5, 0.6) is 0 Å². The van der Waals surface area contributed by atoms with Crippen molar-refractivity contribution in [2.75, 3.05) is 26.0 Å². The number of sulfonamides is 1. The van der Waals surface area contributed by atoms with E-state index < -0.39 is 87.5 Å². The predicted molar refractivity (Wildman–Crippen MR) is 147 cm³/mol. The van der Waals surface area contributed by atoms with E-state index in [9.17, 15) is 33.3 Å². The van der Waals surface area contributed by atoms with Gasteiger partial charge in [0.1, 0.15) is 29.0 Å². The van der Waals surface area contributed by atoms with E-state index in [0.29, 0.717) is 0 Å². The lowest BCUT2D eigenvalue weighted by atomic mass is 9.86. The molecular weight excluding hydrogens is 564 g/mol. The van der Waals surface area contributed by atoms with E-state index in [1.54, 1.807) is 41.5 Å². The Bertz CT molecular complexity index is 1010. The fourth-order valence-electron chi connectivity index (χ4n) is 4.89. The second-order valence-corrected chi connectivity index (χ2v) is 14.8. The molecule has 0 aromatic rings. The summed E-state index contributed by atoms with van der Waals surface area (Å²) in [5.74, 6) is -0.398. The number of carbonyl (C=O) groups excluding carboxylic acids is 2. The van der Waals surface area contributed by atoms with Gasteiger partial charge in [-0.1, -0.05) is 0 Å². The fourth-order valence-corrected chi connectivity index (χ4v) is 6.01. The van der Waals surface area contributed by atoms with E-state index in [1.807, 2.05) is 0 Å². The van der Waals surface area contributed by atoms with Crippen LogP contribution in [0.1, 0.15) is 61.3 Å². The van der Waals surface area contributed by atoms with Crippen molar-refractivity contribution < 1.29 is 52.3 Å². The molecule has 240 valence electrons. The average Bonchev–Trinajstić information content (AvgIpc) is 2.74. The lowest BCUT2D eigenvalue weighted by Gasteiger charge is -2.49. The Kier molecular flexibility index (Phi) is 11.4. The summed E-state index contributed by atoms with van der Waals surface area (Å²) in [7, 11) is -2.56. The van der Waals surface area contributed by atoms with E-state index in [4.69, 9.17) is 24.7 Å². The maximum absolute atomic E-state index is 12.7. The number of ether oxygens (including phenoxy) is 4. The lowest BCUT2D eigenvalue weighted by Crippen LogP contribution is -2.68.